The number of imidazole rings is 1. The third-order valence-corrected chi connectivity index (χ3v) is 10.00. The molecule has 0 aliphatic carbocycles. The molecule has 45 heavy (non-hydrogen) atoms. The van der Waals surface area contributed by atoms with Crippen molar-refractivity contribution in [1.29, 1.82) is 0 Å². The van der Waals surface area contributed by atoms with Gasteiger partial charge in [0.2, 0.25) is 0 Å². The molecule has 19 nitrogen and oxygen atoms in total. The SMILES string of the molecule is Nc1ncnc2c1ncn2[C@@H]1O[C@@H]2COP(=O)(S)O[C@@H]3[C@H](O)[C@@H](COP(=O)(O)O[C@H]2[C@H]1F)O[C@H]3n1cc(F)c2c(=O)[nH]cnc21. The number of nitrogen functional groups attached to an aromatic ring is 1. The first-order valence-electron chi connectivity index (χ1n) is 12.9. The molecule has 2 unspecified atom stereocenters. The zero-order valence-electron chi connectivity index (χ0n) is 22.3. The van der Waals surface area contributed by atoms with Crippen molar-refractivity contribution in [1.82, 2.24) is 34.1 Å². The summed E-state index contributed by atoms with van der Waals surface area (Å²) in [7, 11) is -5.13. The molecule has 3 saturated heterocycles. The van der Waals surface area contributed by atoms with E-state index >= 15 is 4.39 Å². The highest BCUT2D eigenvalue weighted by Gasteiger charge is 2.54. The monoisotopic (exact) mass is 694 g/mol. The molecule has 4 aromatic heterocycles. The van der Waals surface area contributed by atoms with Gasteiger partial charge in [0.1, 0.15) is 47.8 Å². The van der Waals surface area contributed by atoms with Gasteiger partial charge in [-0.3, -0.25) is 27.5 Å². The standard InChI is InChI=1S/C21H22F2N8O11P2S/c22-7-1-30(17-10(7)19(33)28-5-26-17)21-15-13(32)8(39-21)2-37-43(34,35)41-14-9(3-38-44(36,45)42-15)40-20(11(14)23)31-6-29-12-16(24)25-4-27-18(12)31/h1,4-6,8-9,11,13-15,20-21,32H,2-3H2,(H,34,35)(H,36,45)(H2,24,25,27)(H,26,28,33)/t8-,9-,11-,13-,14-,15-,20-,21-,44?/m1/s1. The third kappa shape index (κ3) is 5.38. The zero-order chi connectivity index (χ0) is 31.8. The second-order valence-electron chi connectivity index (χ2n) is 10.1. The summed E-state index contributed by atoms with van der Waals surface area (Å²) < 4.78 is 91.9. The first-order chi connectivity index (χ1) is 21.3. The predicted octanol–water partition coefficient (Wildman–Crippen LogP) is 0.735. The highest BCUT2D eigenvalue weighted by Crippen LogP contribution is 2.58. The number of halogens is 2. The Balaban J connectivity index is 1.21. The van der Waals surface area contributed by atoms with Crippen LogP contribution in [0.25, 0.3) is 22.2 Å². The minimum Gasteiger partial charge on any atom is -0.387 e. The Kier molecular flexibility index (Phi) is 7.61. The summed E-state index contributed by atoms with van der Waals surface area (Å²) in [6.45, 7) is -6.13. The normalized spacial score (nSPS) is 37.7. The lowest BCUT2D eigenvalue weighted by Crippen LogP contribution is -2.35. The van der Waals surface area contributed by atoms with Gasteiger partial charge in [0.25, 0.3) is 5.56 Å². The van der Waals surface area contributed by atoms with Crippen molar-refractivity contribution >= 4 is 54.9 Å². The second kappa shape index (κ2) is 11.1. The van der Waals surface area contributed by atoms with E-state index in [4.69, 9.17) is 33.3 Å². The maximum atomic E-state index is 15.9. The summed E-state index contributed by atoms with van der Waals surface area (Å²) in [5.41, 5.74) is 4.99. The van der Waals surface area contributed by atoms with Gasteiger partial charge in [-0.05, 0) is 0 Å². The molecule has 10 atom stereocenters. The molecule has 3 aliphatic heterocycles. The summed E-state index contributed by atoms with van der Waals surface area (Å²) >= 11 is 3.97. The van der Waals surface area contributed by atoms with Crippen molar-refractivity contribution in [3.8, 4) is 0 Å². The summed E-state index contributed by atoms with van der Waals surface area (Å²) in [6, 6.07) is 0. The minimum atomic E-state index is -5.13. The Labute approximate surface area is 253 Å². The lowest BCUT2D eigenvalue weighted by atomic mass is 10.1. The molecule has 0 aromatic carbocycles. The molecule has 2 bridgehead atoms. The Morgan fingerprint density at radius 1 is 1.02 bits per heavy atom. The van der Waals surface area contributed by atoms with Crippen molar-refractivity contribution in [3.63, 3.8) is 0 Å². The van der Waals surface area contributed by atoms with Crippen LogP contribution in [-0.4, -0.2) is 94.0 Å². The van der Waals surface area contributed by atoms with E-state index in [0.717, 1.165) is 28.0 Å². The van der Waals surface area contributed by atoms with Crippen LogP contribution in [0.15, 0.2) is 30.0 Å². The number of hydrogen-bond donors (Lipinski definition) is 5. The average molecular weight is 694 g/mol. The van der Waals surface area contributed by atoms with Crippen molar-refractivity contribution in [3.05, 3.63) is 41.3 Å². The Morgan fingerprint density at radius 2 is 1.78 bits per heavy atom. The van der Waals surface area contributed by atoms with E-state index in [1.807, 2.05) is 0 Å². The summed E-state index contributed by atoms with van der Waals surface area (Å²) in [4.78, 5) is 40.8. The highest BCUT2D eigenvalue weighted by atomic mass is 32.7. The van der Waals surface area contributed by atoms with E-state index in [9.17, 15) is 28.3 Å². The number of nitrogens with zero attached hydrogens (tertiary/aromatic N) is 6. The van der Waals surface area contributed by atoms with E-state index in [1.54, 1.807) is 0 Å². The van der Waals surface area contributed by atoms with Crippen molar-refractivity contribution < 1.29 is 55.5 Å². The molecule has 3 fully saturated rings. The number of nitrogens with two attached hydrogens (primary N) is 1. The lowest BCUT2D eigenvalue weighted by molar-refractivity contribution is -0.0618. The van der Waals surface area contributed by atoms with Gasteiger partial charge < -0.3 is 34.8 Å². The van der Waals surface area contributed by atoms with Crippen LogP contribution in [0, 0.1) is 5.82 Å². The zero-order valence-corrected chi connectivity index (χ0v) is 25.0. The molecule has 5 N–H and O–H groups in total. The maximum Gasteiger partial charge on any atom is 0.472 e. The molecule has 0 saturated carbocycles. The first-order valence-corrected chi connectivity index (χ1v) is 17.1. The maximum absolute atomic E-state index is 15.9. The van der Waals surface area contributed by atoms with Crippen LogP contribution < -0.4 is 11.3 Å². The van der Waals surface area contributed by atoms with Gasteiger partial charge >= 0.3 is 14.6 Å². The number of ether oxygens (including phenoxy) is 2. The highest BCUT2D eigenvalue weighted by molar-refractivity contribution is 8.44. The fourth-order valence-electron chi connectivity index (χ4n) is 5.37. The largest absolute Gasteiger partial charge is 0.472 e. The van der Waals surface area contributed by atoms with Gasteiger partial charge in [-0.25, -0.2) is 37.8 Å². The fraction of sp³-hybridized carbons (Fsp3) is 0.476. The molecule has 7 heterocycles. The summed E-state index contributed by atoms with van der Waals surface area (Å²) in [5.74, 6) is -0.991. The number of H-pyrrole nitrogens is 1. The first kappa shape index (κ1) is 30.8. The summed E-state index contributed by atoms with van der Waals surface area (Å²) in [6.07, 6.45) is -9.37. The van der Waals surface area contributed by atoms with Crippen LogP contribution >= 0.6 is 26.9 Å². The van der Waals surface area contributed by atoms with E-state index in [2.05, 4.69) is 37.2 Å². The number of hydrogen-bond acceptors (Lipinski definition) is 15. The van der Waals surface area contributed by atoms with Gasteiger partial charge in [0, 0.05) is 6.20 Å². The molecule has 242 valence electrons. The third-order valence-electron chi connectivity index (χ3n) is 7.40. The van der Waals surface area contributed by atoms with Crippen LogP contribution in [0.3, 0.4) is 0 Å². The number of aromatic amines is 1. The van der Waals surface area contributed by atoms with Crippen LogP contribution in [0.4, 0.5) is 14.6 Å². The van der Waals surface area contributed by atoms with E-state index in [1.165, 1.54) is 6.33 Å². The van der Waals surface area contributed by atoms with Crippen LogP contribution in [0.2, 0.25) is 0 Å². The molecule has 0 spiro atoms. The number of rotatable bonds is 2. The van der Waals surface area contributed by atoms with E-state index < -0.39 is 93.7 Å². The molecule has 24 heteroatoms. The van der Waals surface area contributed by atoms with Crippen molar-refractivity contribution in [2.45, 2.75) is 49.1 Å². The molecular weight excluding hydrogens is 672 g/mol. The van der Waals surface area contributed by atoms with Gasteiger partial charge in [0.15, 0.2) is 41.6 Å². The number of aromatic nitrogens is 7. The van der Waals surface area contributed by atoms with Gasteiger partial charge in [0.05, 0.1) is 25.9 Å². The number of aliphatic hydroxyl groups is 1. The second-order valence-corrected chi connectivity index (χ2v) is 14.4. The topological polar surface area (TPSA) is 250 Å². The Hall–Kier alpha value is -2.88. The number of nitrogens with one attached hydrogen (secondary N) is 1. The molecule has 0 amide bonds. The fourth-order valence-corrected chi connectivity index (χ4v) is 7.79. The average Bonchev–Trinajstić information content (AvgIpc) is 3.71. The van der Waals surface area contributed by atoms with E-state index in [-0.39, 0.29) is 22.6 Å². The number of fused-ring (bicyclic) bond motifs is 5. The number of anilines is 1. The minimum absolute atomic E-state index is 0.00582. The van der Waals surface area contributed by atoms with Gasteiger partial charge in [-0.15, -0.1) is 0 Å². The Morgan fingerprint density at radius 3 is 2.58 bits per heavy atom. The summed E-state index contributed by atoms with van der Waals surface area (Å²) in [5, 5.41) is 10.6. The van der Waals surface area contributed by atoms with Crippen LogP contribution in [-0.2, 0) is 36.7 Å². The molecule has 7 rings (SSSR count). The number of phosphoric acid groups is 1. The quantitative estimate of drug-likeness (QED) is 0.143. The molecule has 0 radical (unpaired) electrons. The van der Waals surface area contributed by atoms with Crippen molar-refractivity contribution in [2.75, 3.05) is 18.9 Å². The van der Waals surface area contributed by atoms with Gasteiger partial charge in [-0.1, -0.05) is 12.2 Å². The smallest absolute Gasteiger partial charge is 0.387 e. The number of aliphatic hydroxyl groups excluding tert-OH is 1. The number of alkyl halides is 1. The van der Waals surface area contributed by atoms with E-state index in [0.29, 0.717) is 0 Å². The molecular formula is C21H22F2N8O11P2S. The molecule has 4 aromatic rings. The number of thiol groups is 1. The van der Waals surface area contributed by atoms with Gasteiger partial charge in [-0.2, -0.15) is 0 Å². The molecule has 3 aliphatic rings. The van der Waals surface area contributed by atoms with Crippen molar-refractivity contribution in [2.24, 2.45) is 0 Å². The lowest BCUT2D eigenvalue weighted by Gasteiger charge is -2.26. The number of phosphoric ester groups is 1. The van der Waals surface area contributed by atoms with Crippen LogP contribution in [0.5, 0.6) is 0 Å². The Bertz CT molecular complexity index is 1950. The predicted molar refractivity (Wildman–Crippen MR) is 147 cm³/mol. The van der Waals surface area contributed by atoms with Crippen LogP contribution in [0.1, 0.15) is 12.5 Å².